The van der Waals surface area contributed by atoms with E-state index < -0.39 is 0 Å². The molecule has 8 heteroatoms. The highest BCUT2D eigenvalue weighted by molar-refractivity contribution is 14.0. The number of nitrogens with one attached hydrogen (secondary N) is 2. The molecule has 1 aliphatic rings. The zero-order valence-corrected chi connectivity index (χ0v) is 20.4. The second-order valence-corrected chi connectivity index (χ2v) is 7.32. The lowest BCUT2D eigenvalue weighted by Gasteiger charge is -2.21. The van der Waals surface area contributed by atoms with E-state index in [4.69, 9.17) is 13.9 Å². The summed E-state index contributed by atoms with van der Waals surface area (Å²) >= 11 is 0. The Balaban J connectivity index is 0.00000272. The molecule has 166 valence electrons. The number of para-hydroxylation sites is 1. The third-order valence-electron chi connectivity index (χ3n) is 5.36. The number of hydrogen-bond acceptors (Lipinski definition) is 5. The molecular weight excluding hydrogens is 507 g/mol. The maximum atomic E-state index is 5.87. The van der Waals surface area contributed by atoms with Crippen molar-refractivity contribution in [2.24, 2.45) is 4.99 Å². The normalized spacial score (nSPS) is 16.2. The first-order valence-electron chi connectivity index (χ1n) is 10.1. The number of ether oxygens (including phenoxy) is 2. The fourth-order valence-corrected chi connectivity index (χ4v) is 3.77. The number of furan rings is 1. The third kappa shape index (κ3) is 5.55. The zero-order chi connectivity index (χ0) is 20.9. The van der Waals surface area contributed by atoms with Crippen LogP contribution in [-0.4, -0.2) is 46.4 Å². The smallest absolute Gasteiger partial charge is 0.191 e. The zero-order valence-electron chi connectivity index (χ0n) is 18.1. The van der Waals surface area contributed by atoms with Gasteiger partial charge in [-0.3, -0.25) is 4.99 Å². The van der Waals surface area contributed by atoms with Crippen LogP contribution in [0, 0.1) is 0 Å². The number of anilines is 1. The molecular formula is C23H29IN4O3. The quantitative estimate of drug-likeness (QED) is 0.282. The van der Waals surface area contributed by atoms with Gasteiger partial charge in [-0.25, -0.2) is 0 Å². The molecule has 0 radical (unpaired) electrons. The molecule has 1 aliphatic heterocycles. The largest absolute Gasteiger partial charge is 0.497 e. The molecule has 1 fully saturated rings. The van der Waals surface area contributed by atoms with E-state index in [-0.39, 0.29) is 24.0 Å². The fourth-order valence-electron chi connectivity index (χ4n) is 3.77. The molecule has 0 amide bonds. The number of aliphatic imine (C=N–C) groups is 1. The predicted octanol–water partition coefficient (Wildman–Crippen LogP) is 4.01. The Bertz CT molecular complexity index is 981. The van der Waals surface area contributed by atoms with E-state index in [1.54, 1.807) is 21.3 Å². The molecule has 0 bridgehead atoms. The van der Waals surface area contributed by atoms with Gasteiger partial charge in [0.2, 0.25) is 0 Å². The lowest BCUT2D eigenvalue weighted by atomic mass is 10.2. The van der Waals surface area contributed by atoms with Gasteiger partial charge in [-0.1, -0.05) is 18.2 Å². The number of nitrogens with zero attached hydrogens (tertiary/aromatic N) is 2. The van der Waals surface area contributed by atoms with Gasteiger partial charge in [-0.15, -0.1) is 24.0 Å². The van der Waals surface area contributed by atoms with Crippen molar-refractivity contribution in [3.8, 4) is 11.5 Å². The van der Waals surface area contributed by atoms with Crippen LogP contribution in [0.3, 0.4) is 0 Å². The summed E-state index contributed by atoms with van der Waals surface area (Å²) in [6.07, 6.45) is 1.02. The third-order valence-corrected chi connectivity index (χ3v) is 5.36. The maximum Gasteiger partial charge on any atom is 0.191 e. The molecule has 2 aromatic carbocycles. The van der Waals surface area contributed by atoms with Gasteiger partial charge >= 0.3 is 0 Å². The molecule has 1 atom stereocenters. The molecule has 1 unspecified atom stereocenters. The molecule has 1 saturated heterocycles. The highest BCUT2D eigenvalue weighted by atomic mass is 127. The summed E-state index contributed by atoms with van der Waals surface area (Å²) in [4.78, 5) is 6.70. The van der Waals surface area contributed by atoms with Crippen LogP contribution in [0.5, 0.6) is 11.5 Å². The van der Waals surface area contributed by atoms with Crippen molar-refractivity contribution in [2.75, 3.05) is 39.3 Å². The molecule has 0 saturated carbocycles. The number of rotatable bonds is 6. The van der Waals surface area contributed by atoms with E-state index in [9.17, 15) is 0 Å². The highest BCUT2D eigenvalue weighted by Crippen LogP contribution is 2.30. The Kier molecular flexibility index (Phi) is 7.89. The van der Waals surface area contributed by atoms with E-state index in [1.807, 2.05) is 36.4 Å². The minimum atomic E-state index is 0. The topological polar surface area (TPSA) is 71.3 Å². The van der Waals surface area contributed by atoms with E-state index in [0.29, 0.717) is 12.6 Å². The van der Waals surface area contributed by atoms with Gasteiger partial charge < -0.3 is 29.4 Å². The maximum absolute atomic E-state index is 5.87. The monoisotopic (exact) mass is 536 g/mol. The molecule has 0 aliphatic carbocycles. The van der Waals surface area contributed by atoms with Crippen LogP contribution in [0.4, 0.5) is 5.69 Å². The van der Waals surface area contributed by atoms with Gasteiger partial charge in [0.1, 0.15) is 22.8 Å². The van der Waals surface area contributed by atoms with Crippen LogP contribution in [0.15, 0.2) is 57.9 Å². The number of benzene rings is 2. The van der Waals surface area contributed by atoms with Crippen LogP contribution in [0.2, 0.25) is 0 Å². The van der Waals surface area contributed by atoms with Gasteiger partial charge in [-0.2, -0.15) is 0 Å². The number of fused-ring (bicyclic) bond motifs is 1. The Morgan fingerprint density at radius 3 is 2.55 bits per heavy atom. The van der Waals surface area contributed by atoms with Crippen molar-refractivity contribution in [1.82, 2.24) is 10.6 Å². The van der Waals surface area contributed by atoms with Gasteiger partial charge in [0.15, 0.2) is 5.96 Å². The standard InChI is InChI=1S/C23H28N4O3.HI/c1-24-23(25-14-21-10-16-6-4-5-7-22(16)30-21)26-17-8-9-27(15-17)18-11-19(28-2)13-20(12-18)29-3;/h4-7,10-13,17H,8-9,14-15H2,1-3H3,(H2,24,25,26);1H. The molecule has 4 rings (SSSR count). The Labute approximate surface area is 199 Å². The first kappa shape index (κ1) is 23.1. The van der Waals surface area contributed by atoms with Crippen molar-refractivity contribution in [3.63, 3.8) is 0 Å². The summed E-state index contributed by atoms with van der Waals surface area (Å²) in [5, 5.41) is 7.98. The summed E-state index contributed by atoms with van der Waals surface area (Å²) in [7, 11) is 5.13. The van der Waals surface area contributed by atoms with E-state index in [2.05, 4.69) is 32.7 Å². The lowest BCUT2D eigenvalue weighted by Crippen LogP contribution is -2.44. The molecule has 1 aromatic heterocycles. The number of hydrogen-bond donors (Lipinski definition) is 2. The first-order valence-corrected chi connectivity index (χ1v) is 10.1. The Morgan fingerprint density at radius 2 is 1.87 bits per heavy atom. The minimum Gasteiger partial charge on any atom is -0.497 e. The highest BCUT2D eigenvalue weighted by Gasteiger charge is 2.24. The van der Waals surface area contributed by atoms with Crippen LogP contribution >= 0.6 is 24.0 Å². The van der Waals surface area contributed by atoms with Gasteiger partial charge in [0.25, 0.3) is 0 Å². The first-order chi connectivity index (χ1) is 14.7. The van der Waals surface area contributed by atoms with Crippen molar-refractivity contribution < 1.29 is 13.9 Å². The molecule has 0 spiro atoms. The second kappa shape index (κ2) is 10.6. The molecule has 2 heterocycles. The SMILES string of the molecule is CN=C(NCc1cc2ccccc2o1)NC1CCN(c2cc(OC)cc(OC)c2)C1.I. The Hall–Kier alpha value is -2.62. The number of guanidine groups is 1. The summed E-state index contributed by atoms with van der Waals surface area (Å²) < 4.78 is 16.7. The summed E-state index contributed by atoms with van der Waals surface area (Å²) in [5.41, 5.74) is 2.00. The van der Waals surface area contributed by atoms with Gasteiger partial charge in [0.05, 0.1) is 20.8 Å². The van der Waals surface area contributed by atoms with Crippen molar-refractivity contribution in [1.29, 1.82) is 0 Å². The fraction of sp³-hybridized carbons (Fsp3) is 0.348. The molecule has 2 N–H and O–H groups in total. The van der Waals surface area contributed by atoms with Crippen molar-refractivity contribution in [3.05, 3.63) is 54.3 Å². The summed E-state index contributed by atoms with van der Waals surface area (Å²) in [6, 6.07) is 16.3. The molecule has 7 nitrogen and oxygen atoms in total. The van der Waals surface area contributed by atoms with Crippen LogP contribution in [0.25, 0.3) is 11.0 Å². The van der Waals surface area contributed by atoms with Crippen LogP contribution < -0.4 is 25.0 Å². The lowest BCUT2D eigenvalue weighted by molar-refractivity contribution is 0.394. The predicted molar refractivity (Wildman–Crippen MR) is 135 cm³/mol. The number of halogens is 1. The number of methoxy groups -OCH3 is 2. The average Bonchev–Trinajstić information content (AvgIpc) is 3.42. The summed E-state index contributed by atoms with van der Waals surface area (Å²) in [5.74, 6) is 3.24. The van der Waals surface area contributed by atoms with E-state index >= 15 is 0 Å². The van der Waals surface area contributed by atoms with Crippen molar-refractivity contribution >= 4 is 46.6 Å². The van der Waals surface area contributed by atoms with Gasteiger partial charge in [-0.05, 0) is 18.6 Å². The van der Waals surface area contributed by atoms with Gasteiger partial charge in [0, 0.05) is 55.5 Å². The van der Waals surface area contributed by atoms with Crippen LogP contribution in [0.1, 0.15) is 12.2 Å². The Morgan fingerprint density at radius 1 is 1.13 bits per heavy atom. The molecule has 3 aromatic rings. The molecule has 31 heavy (non-hydrogen) atoms. The van der Waals surface area contributed by atoms with Crippen molar-refractivity contribution in [2.45, 2.75) is 19.0 Å². The van der Waals surface area contributed by atoms with E-state index in [0.717, 1.165) is 59.4 Å². The summed E-state index contributed by atoms with van der Waals surface area (Å²) in [6.45, 7) is 2.41. The second-order valence-electron chi connectivity index (χ2n) is 7.32. The average molecular weight is 536 g/mol. The van der Waals surface area contributed by atoms with E-state index in [1.165, 1.54) is 0 Å². The van der Waals surface area contributed by atoms with Crippen LogP contribution in [-0.2, 0) is 6.54 Å². The minimum absolute atomic E-state index is 0.